The number of nitriles is 1. The topological polar surface area (TPSA) is 139 Å². The third kappa shape index (κ3) is 5.11. The Bertz CT molecular complexity index is 1420. The SMILES string of the molecule is CCn1c(C(C)C(c2cnn(C)c2)c2ccccc2C#N)nc(C(=O)N/C(C=N)=C/P)c(OC)c1=O. The number of ether oxygens (including phenoxy) is 1. The lowest BCUT2D eigenvalue weighted by Gasteiger charge is -2.27. The average Bonchev–Trinajstić information content (AvgIpc) is 3.32. The standard InChI is InChI=1S/C25H28N7O3P/c1-5-32-23(30-21(22(35-4)25(32)34)24(33)29-18(11-27)14-36)15(2)20(17-12-28-31(3)13-17)19-9-7-6-8-16(19)10-26/h6-9,11-15,20,27H,5,36H2,1-4H3,(H,29,33)/b18-14+,27-11?. The van der Waals surface area contributed by atoms with E-state index in [1.807, 2.05) is 32.2 Å². The summed E-state index contributed by atoms with van der Waals surface area (Å²) in [4.78, 5) is 31.1. The second-order valence-corrected chi connectivity index (χ2v) is 8.37. The molecule has 0 aliphatic carbocycles. The molecule has 0 fully saturated rings. The quantitative estimate of drug-likeness (QED) is 0.339. The summed E-state index contributed by atoms with van der Waals surface area (Å²) in [5.41, 5.74) is 1.64. The molecule has 0 saturated carbocycles. The lowest BCUT2D eigenvalue weighted by molar-refractivity contribution is 0.0958. The fourth-order valence-electron chi connectivity index (χ4n) is 4.22. The molecule has 186 valence electrons. The molecule has 3 atom stereocenters. The first-order valence-electron chi connectivity index (χ1n) is 11.2. The maximum Gasteiger partial charge on any atom is 0.296 e. The van der Waals surface area contributed by atoms with Crippen LogP contribution in [0.2, 0.25) is 0 Å². The van der Waals surface area contributed by atoms with E-state index >= 15 is 0 Å². The Labute approximate surface area is 211 Å². The van der Waals surface area contributed by atoms with Crippen LogP contribution in [0.3, 0.4) is 0 Å². The van der Waals surface area contributed by atoms with Crippen molar-refractivity contribution in [2.24, 2.45) is 7.05 Å². The second kappa shape index (κ2) is 11.6. The maximum atomic E-state index is 13.4. The van der Waals surface area contributed by atoms with E-state index in [1.54, 1.807) is 30.1 Å². The molecule has 3 rings (SSSR count). The zero-order chi connectivity index (χ0) is 26.4. The highest BCUT2D eigenvalue weighted by molar-refractivity contribution is 7.20. The third-order valence-corrected chi connectivity index (χ3v) is 6.25. The summed E-state index contributed by atoms with van der Waals surface area (Å²) in [7, 11) is 5.42. The van der Waals surface area contributed by atoms with E-state index in [2.05, 4.69) is 30.7 Å². The lowest BCUT2D eigenvalue weighted by atomic mass is 9.80. The fourth-order valence-corrected chi connectivity index (χ4v) is 4.40. The van der Waals surface area contributed by atoms with Gasteiger partial charge in [-0.3, -0.25) is 18.8 Å². The molecule has 2 N–H and O–H groups in total. The minimum Gasteiger partial charge on any atom is -0.489 e. The van der Waals surface area contributed by atoms with E-state index in [4.69, 9.17) is 10.1 Å². The van der Waals surface area contributed by atoms with E-state index < -0.39 is 17.4 Å². The molecule has 0 spiro atoms. The number of carbonyl (C=O) groups excluding carboxylic acids is 1. The number of carbonyl (C=O) groups is 1. The minimum absolute atomic E-state index is 0.182. The van der Waals surface area contributed by atoms with Crippen molar-refractivity contribution < 1.29 is 9.53 Å². The third-order valence-electron chi connectivity index (χ3n) is 5.89. The molecule has 1 amide bonds. The van der Waals surface area contributed by atoms with Crippen LogP contribution in [0.15, 0.2) is 53.0 Å². The monoisotopic (exact) mass is 505 g/mol. The molecule has 3 aromatic rings. The van der Waals surface area contributed by atoms with Gasteiger partial charge in [0, 0.05) is 37.8 Å². The molecule has 0 radical (unpaired) electrons. The Morgan fingerprint density at radius 3 is 2.67 bits per heavy atom. The van der Waals surface area contributed by atoms with Crippen molar-refractivity contribution in [2.75, 3.05) is 7.11 Å². The smallest absolute Gasteiger partial charge is 0.296 e. The zero-order valence-electron chi connectivity index (χ0n) is 20.5. The van der Waals surface area contributed by atoms with Gasteiger partial charge in [0.25, 0.3) is 11.5 Å². The minimum atomic E-state index is -0.673. The van der Waals surface area contributed by atoms with E-state index in [0.29, 0.717) is 17.9 Å². The van der Waals surface area contributed by atoms with Gasteiger partial charge in [-0.05, 0) is 29.9 Å². The Hall–Kier alpha value is -4.09. The molecule has 1 aromatic carbocycles. The molecule has 11 heteroatoms. The van der Waals surface area contributed by atoms with Crippen molar-refractivity contribution in [3.8, 4) is 11.8 Å². The first-order chi connectivity index (χ1) is 17.3. The maximum absolute atomic E-state index is 13.4. The zero-order valence-corrected chi connectivity index (χ0v) is 21.7. The number of allylic oxidation sites excluding steroid dienone is 1. The summed E-state index contributed by atoms with van der Waals surface area (Å²) < 4.78 is 8.44. The van der Waals surface area contributed by atoms with Crippen molar-refractivity contribution in [2.45, 2.75) is 32.2 Å². The summed E-state index contributed by atoms with van der Waals surface area (Å²) in [5, 5.41) is 24.1. The summed E-state index contributed by atoms with van der Waals surface area (Å²) in [6.45, 7) is 4.01. The van der Waals surface area contributed by atoms with Crippen LogP contribution in [-0.4, -0.2) is 38.6 Å². The molecule has 0 bridgehead atoms. The van der Waals surface area contributed by atoms with E-state index in [-0.39, 0.29) is 23.1 Å². The highest BCUT2D eigenvalue weighted by atomic mass is 31.0. The van der Waals surface area contributed by atoms with Gasteiger partial charge < -0.3 is 15.5 Å². The van der Waals surface area contributed by atoms with Crippen LogP contribution in [0.4, 0.5) is 0 Å². The summed E-state index contributed by atoms with van der Waals surface area (Å²) in [6, 6.07) is 9.52. The number of hydrogen-bond donors (Lipinski definition) is 2. The fraction of sp³-hybridized carbons (Fsp3) is 0.280. The Kier molecular flexibility index (Phi) is 8.51. The summed E-state index contributed by atoms with van der Waals surface area (Å²) in [5.74, 6) is 0.162. The molecule has 3 unspecified atom stereocenters. The summed E-state index contributed by atoms with van der Waals surface area (Å²) in [6.07, 6.45) is 4.56. The Balaban J connectivity index is 2.27. The number of amides is 1. The van der Waals surface area contributed by atoms with Gasteiger partial charge in [-0.15, -0.1) is 9.24 Å². The van der Waals surface area contributed by atoms with Crippen LogP contribution in [0.5, 0.6) is 5.75 Å². The molecule has 0 aliphatic heterocycles. The molecular weight excluding hydrogens is 477 g/mol. The van der Waals surface area contributed by atoms with Gasteiger partial charge in [0.2, 0.25) is 5.75 Å². The van der Waals surface area contributed by atoms with Crippen molar-refractivity contribution >= 4 is 21.4 Å². The largest absolute Gasteiger partial charge is 0.489 e. The first kappa shape index (κ1) is 26.5. The van der Waals surface area contributed by atoms with E-state index in [9.17, 15) is 14.9 Å². The van der Waals surface area contributed by atoms with E-state index in [0.717, 1.165) is 17.3 Å². The predicted octanol–water partition coefficient (Wildman–Crippen LogP) is 2.91. The molecular formula is C25H28N7O3P. The van der Waals surface area contributed by atoms with Gasteiger partial charge in [0.05, 0.1) is 30.6 Å². The first-order valence-corrected chi connectivity index (χ1v) is 11.9. The number of rotatable bonds is 9. The van der Waals surface area contributed by atoms with Gasteiger partial charge >= 0.3 is 0 Å². The van der Waals surface area contributed by atoms with Gasteiger partial charge in [-0.25, -0.2) is 4.98 Å². The molecule has 0 aliphatic rings. The van der Waals surface area contributed by atoms with Crippen molar-refractivity contribution in [3.05, 3.63) is 86.7 Å². The molecule has 0 saturated heterocycles. The van der Waals surface area contributed by atoms with Crippen LogP contribution in [0.25, 0.3) is 0 Å². The number of nitrogens with zero attached hydrogens (tertiary/aromatic N) is 5. The van der Waals surface area contributed by atoms with E-state index in [1.165, 1.54) is 17.5 Å². The van der Waals surface area contributed by atoms with Crippen molar-refractivity contribution in [3.63, 3.8) is 0 Å². The predicted molar refractivity (Wildman–Crippen MR) is 139 cm³/mol. The number of aromatic nitrogens is 4. The molecule has 36 heavy (non-hydrogen) atoms. The normalized spacial score (nSPS) is 12.9. The summed E-state index contributed by atoms with van der Waals surface area (Å²) >= 11 is 0. The highest BCUT2D eigenvalue weighted by Crippen LogP contribution is 2.39. The van der Waals surface area contributed by atoms with Gasteiger partial charge in [0.1, 0.15) is 5.82 Å². The van der Waals surface area contributed by atoms with Crippen LogP contribution >= 0.6 is 9.24 Å². The lowest BCUT2D eigenvalue weighted by Crippen LogP contribution is -2.34. The Morgan fingerprint density at radius 1 is 1.39 bits per heavy atom. The average molecular weight is 506 g/mol. The van der Waals surface area contributed by atoms with Gasteiger partial charge in [0.15, 0.2) is 5.69 Å². The number of benzene rings is 1. The van der Waals surface area contributed by atoms with Crippen molar-refractivity contribution in [1.29, 1.82) is 10.7 Å². The van der Waals surface area contributed by atoms with Crippen LogP contribution in [-0.2, 0) is 13.6 Å². The van der Waals surface area contributed by atoms with Crippen LogP contribution < -0.4 is 15.6 Å². The number of methoxy groups -OCH3 is 1. The van der Waals surface area contributed by atoms with Crippen molar-refractivity contribution in [1.82, 2.24) is 24.6 Å². The molecule has 2 aromatic heterocycles. The van der Waals surface area contributed by atoms with Gasteiger partial charge in [-0.2, -0.15) is 10.4 Å². The number of aryl methyl sites for hydroxylation is 1. The number of nitrogens with one attached hydrogen (secondary N) is 2. The van der Waals surface area contributed by atoms with Crippen LogP contribution in [0, 0.1) is 16.7 Å². The Morgan fingerprint density at radius 2 is 2.11 bits per heavy atom. The highest BCUT2D eigenvalue weighted by Gasteiger charge is 2.32. The second-order valence-electron chi connectivity index (χ2n) is 8.03. The number of hydrogen-bond acceptors (Lipinski definition) is 7. The van der Waals surface area contributed by atoms with Crippen LogP contribution in [0.1, 0.15) is 58.7 Å². The van der Waals surface area contributed by atoms with Gasteiger partial charge in [-0.1, -0.05) is 25.1 Å². The molecule has 10 nitrogen and oxygen atoms in total. The molecule has 2 heterocycles.